The summed E-state index contributed by atoms with van der Waals surface area (Å²) in [5, 5.41) is 1.63. The second-order valence-electron chi connectivity index (χ2n) is 7.53. The Morgan fingerprint density at radius 3 is 2.27 bits per heavy atom. The number of fused-ring (bicyclic) bond motifs is 1. The summed E-state index contributed by atoms with van der Waals surface area (Å²) in [4.78, 5) is 32.6. The van der Waals surface area contributed by atoms with Crippen LogP contribution < -0.4 is 10.3 Å². The summed E-state index contributed by atoms with van der Waals surface area (Å²) in [7, 11) is 1.66. The van der Waals surface area contributed by atoms with Crippen molar-refractivity contribution in [3.8, 4) is 11.4 Å². The summed E-state index contributed by atoms with van der Waals surface area (Å²) >= 11 is 11.9. The zero-order chi connectivity index (χ0) is 23.5. The molecule has 3 aromatic carbocycles. The first kappa shape index (κ1) is 22.8. The molecule has 1 aromatic heterocycles. The summed E-state index contributed by atoms with van der Waals surface area (Å²) in [5.74, 6) is 0.710. The first-order chi connectivity index (χ1) is 15.8. The van der Waals surface area contributed by atoms with Gasteiger partial charge in [0.05, 0.1) is 22.6 Å². The Morgan fingerprint density at radius 1 is 1.00 bits per heavy atom. The van der Waals surface area contributed by atoms with Gasteiger partial charge in [0.15, 0.2) is 6.61 Å². The highest BCUT2D eigenvalue weighted by Gasteiger charge is 2.24. The van der Waals surface area contributed by atoms with Crippen molar-refractivity contribution in [3.63, 3.8) is 0 Å². The largest absolute Gasteiger partial charge is 0.484 e. The lowest BCUT2D eigenvalue weighted by molar-refractivity contribution is -0.134. The Labute approximate surface area is 201 Å². The molecule has 0 aliphatic carbocycles. The highest BCUT2D eigenvalue weighted by atomic mass is 35.5. The van der Waals surface area contributed by atoms with Crippen molar-refractivity contribution in [2.24, 2.45) is 0 Å². The van der Waals surface area contributed by atoms with Gasteiger partial charge in [0.1, 0.15) is 11.6 Å². The molecule has 6 nitrogen and oxygen atoms in total. The summed E-state index contributed by atoms with van der Waals surface area (Å²) < 4.78 is 7.12. The van der Waals surface area contributed by atoms with Crippen molar-refractivity contribution in [1.82, 2.24) is 14.5 Å². The van der Waals surface area contributed by atoms with E-state index in [1.165, 1.54) is 9.47 Å². The molecule has 1 atom stereocenters. The van der Waals surface area contributed by atoms with E-state index in [0.29, 0.717) is 38.2 Å². The van der Waals surface area contributed by atoms with E-state index < -0.39 is 6.04 Å². The third-order valence-electron chi connectivity index (χ3n) is 5.41. The number of carbonyl (C=O) groups excluding carboxylic acids is 1. The lowest BCUT2D eigenvalue weighted by Gasteiger charge is -2.27. The molecule has 1 amide bonds. The molecule has 0 spiro atoms. The highest BCUT2D eigenvalue weighted by Crippen LogP contribution is 2.23. The topological polar surface area (TPSA) is 64.4 Å². The number of likely N-dealkylation sites (N-methyl/N-ethyl adjacent to an activating group) is 1. The third-order valence-corrected chi connectivity index (χ3v) is 5.91. The van der Waals surface area contributed by atoms with Gasteiger partial charge < -0.3 is 9.64 Å². The van der Waals surface area contributed by atoms with E-state index in [4.69, 9.17) is 32.9 Å². The van der Waals surface area contributed by atoms with E-state index >= 15 is 0 Å². The van der Waals surface area contributed by atoms with Crippen LogP contribution in [0.3, 0.4) is 0 Å². The van der Waals surface area contributed by atoms with Gasteiger partial charge >= 0.3 is 0 Å². The van der Waals surface area contributed by atoms with E-state index in [0.717, 1.165) is 0 Å². The van der Waals surface area contributed by atoms with Crippen molar-refractivity contribution in [2.75, 3.05) is 13.7 Å². The molecular weight excluding hydrogens is 461 g/mol. The van der Waals surface area contributed by atoms with Crippen molar-refractivity contribution < 1.29 is 9.53 Å². The second-order valence-corrected chi connectivity index (χ2v) is 8.40. The minimum Gasteiger partial charge on any atom is -0.484 e. The number of carbonyl (C=O) groups is 1. The van der Waals surface area contributed by atoms with Crippen molar-refractivity contribution >= 4 is 40.0 Å². The average molecular weight is 482 g/mol. The van der Waals surface area contributed by atoms with Gasteiger partial charge in [0.2, 0.25) is 0 Å². The third kappa shape index (κ3) is 4.87. The van der Waals surface area contributed by atoms with E-state index in [1.54, 1.807) is 73.8 Å². The van der Waals surface area contributed by atoms with Crippen LogP contribution in [0.1, 0.15) is 18.8 Å². The van der Waals surface area contributed by atoms with E-state index in [1.807, 2.05) is 13.0 Å². The number of hydrogen-bond donors (Lipinski definition) is 0. The second kappa shape index (κ2) is 9.65. The van der Waals surface area contributed by atoms with Gasteiger partial charge in [-0.3, -0.25) is 14.2 Å². The smallest absolute Gasteiger partial charge is 0.266 e. The average Bonchev–Trinajstić information content (AvgIpc) is 2.83. The molecule has 168 valence electrons. The molecule has 4 rings (SSSR count). The summed E-state index contributed by atoms with van der Waals surface area (Å²) in [5.41, 5.74) is 0.957. The number of halogens is 2. The Balaban J connectivity index is 1.68. The molecule has 33 heavy (non-hydrogen) atoms. The van der Waals surface area contributed by atoms with Crippen LogP contribution in [-0.2, 0) is 4.79 Å². The number of amides is 1. The van der Waals surface area contributed by atoms with Crippen LogP contribution >= 0.6 is 23.2 Å². The maximum Gasteiger partial charge on any atom is 0.266 e. The molecule has 0 bridgehead atoms. The van der Waals surface area contributed by atoms with E-state index in [2.05, 4.69) is 0 Å². The summed E-state index contributed by atoms with van der Waals surface area (Å²) in [6.45, 7) is 1.66. The first-order valence-corrected chi connectivity index (χ1v) is 11.0. The fourth-order valence-electron chi connectivity index (χ4n) is 3.44. The van der Waals surface area contributed by atoms with Crippen LogP contribution in [0, 0.1) is 0 Å². The highest BCUT2D eigenvalue weighted by molar-refractivity contribution is 6.30. The number of hydrogen-bond acceptors (Lipinski definition) is 4. The Hall–Kier alpha value is -3.35. The zero-order valence-corrected chi connectivity index (χ0v) is 19.5. The van der Waals surface area contributed by atoms with Crippen molar-refractivity contribution in [2.45, 2.75) is 13.0 Å². The van der Waals surface area contributed by atoms with Crippen LogP contribution in [-0.4, -0.2) is 34.0 Å². The molecular formula is C25H21Cl2N3O3. The molecule has 0 radical (unpaired) electrons. The van der Waals surface area contributed by atoms with E-state index in [-0.39, 0.29) is 18.1 Å². The monoisotopic (exact) mass is 481 g/mol. The van der Waals surface area contributed by atoms with Gasteiger partial charge in [-0.05, 0) is 67.6 Å². The number of ether oxygens (including phenoxy) is 1. The molecule has 0 fully saturated rings. The van der Waals surface area contributed by atoms with Gasteiger partial charge in [-0.1, -0.05) is 35.3 Å². The van der Waals surface area contributed by atoms with Gasteiger partial charge in [-0.2, -0.15) is 0 Å². The zero-order valence-electron chi connectivity index (χ0n) is 18.0. The maximum atomic E-state index is 13.4. The molecule has 0 aliphatic rings. The van der Waals surface area contributed by atoms with Gasteiger partial charge in [-0.25, -0.2) is 4.98 Å². The van der Waals surface area contributed by atoms with Crippen LogP contribution in [0.15, 0.2) is 77.6 Å². The standard InChI is InChI=1S/C25H21Cl2N3O3/c1-16(29(2)23(31)15-33-20-13-9-18(27)10-14-20)24-28-22-6-4-3-5-21(22)25(32)30(24)19-11-7-17(26)8-12-19/h3-14,16H,15H2,1-2H3. The molecule has 0 N–H and O–H groups in total. The van der Waals surface area contributed by atoms with Crippen molar-refractivity contribution in [1.29, 1.82) is 0 Å². The molecule has 0 saturated carbocycles. The fraction of sp³-hybridized carbons (Fsp3) is 0.160. The lowest BCUT2D eigenvalue weighted by Crippen LogP contribution is -2.37. The van der Waals surface area contributed by atoms with Crippen LogP contribution in [0.25, 0.3) is 16.6 Å². The minimum atomic E-state index is -0.515. The molecule has 1 heterocycles. The van der Waals surface area contributed by atoms with Crippen molar-refractivity contribution in [3.05, 3.63) is 99.0 Å². The Morgan fingerprint density at radius 2 is 1.61 bits per heavy atom. The maximum absolute atomic E-state index is 13.4. The normalized spacial score (nSPS) is 11.9. The van der Waals surface area contributed by atoms with Crippen LogP contribution in [0.5, 0.6) is 5.75 Å². The van der Waals surface area contributed by atoms with Crippen LogP contribution in [0.2, 0.25) is 10.0 Å². The Kier molecular flexibility index (Phi) is 6.67. The number of benzene rings is 3. The number of aromatic nitrogens is 2. The fourth-order valence-corrected chi connectivity index (χ4v) is 3.69. The molecule has 0 aliphatic heterocycles. The summed E-state index contributed by atoms with van der Waals surface area (Å²) in [6.07, 6.45) is 0. The predicted octanol–water partition coefficient (Wildman–Crippen LogP) is 5.29. The molecule has 8 heteroatoms. The molecule has 1 unspecified atom stereocenters. The van der Waals surface area contributed by atoms with E-state index in [9.17, 15) is 9.59 Å². The van der Waals surface area contributed by atoms with Crippen LogP contribution in [0.4, 0.5) is 0 Å². The number of nitrogens with zero attached hydrogens (tertiary/aromatic N) is 3. The quantitative estimate of drug-likeness (QED) is 0.375. The summed E-state index contributed by atoms with van der Waals surface area (Å²) in [6, 6.07) is 20.3. The SMILES string of the molecule is CC(c1nc2ccccc2c(=O)n1-c1ccc(Cl)cc1)N(C)C(=O)COc1ccc(Cl)cc1. The first-order valence-electron chi connectivity index (χ1n) is 10.3. The van der Waals surface area contributed by atoms with Gasteiger partial charge in [0.25, 0.3) is 11.5 Å². The Bertz CT molecular complexity index is 1350. The van der Waals surface area contributed by atoms with Gasteiger partial charge in [0, 0.05) is 17.1 Å². The predicted molar refractivity (Wildman–Crippen MR) is 130 cm³/mol. The minimum absolute atomic E-state index is 0.165. The molecule has 4 aromatic rings. The molecule has 0 saturated heterocycles. The van der Waals surface area contributed by atoms with Gasteiger partial charge in [-0.15, -0.1) is 0 Å². The number of para-hydroxylation sites is 1. The lowest BCUT2D eigenvalue weighted by atomic mass is 10.2. The number of rotatable bonds is 6.